The molecule has 0 heterocycles. The van der Waals surface area contributed by atoms with Crippen molar-refractivity contribution in [2.75, 3.05) is 6.54 Å². The average molecular weight is 302 g/mol. The van der Waals surface area contributed by atoms with Gasteiger partial charge >= 0.3 is 0 Å². The van der Waals surface area contributed by atoms with Crippen molar-refractivity contribution in [1.82, 2.24) is 5.32 Å². The van der Waals surface area contributed by atoms with Gasteiger partial charge in [0.05, 0.1) is 11.4 Å². The maximum atomic E-state index is 11.9. The average Bonchev–Trinajstić information content (AvgIpc) is 2.37. The number of carbonyl (C=O) groups excluding carboxylic acids is 1. The van der Waals surface area contributed by atoms with Crippen LogP contribution in [0.15, 0.2) is 29.2 Å². The minimum absolute atomic E-state index is 0.0698. The van der Waals surface area contributed by atoms with Crippen LogP contribution in [0.4, 0.5) is 0 Å². The topological polar surface area (TPSA) is 49.3 Å². The van der Waals surface area contributed by atoms with Gasteiger partial charge in [-0.25, -0.2) is 0 Å². The molecule has 106 valence electrons. The molecule has 3 nitrogen and oxygen atoms in total. The highest BCUT2D eigenvalue weighted by atomic mass is 35.5. The SMILES string of the molecule is CC(Sc1ccc(Cl)cc1)C(=O)NCC(O)C(C)C. The lowest BCUT2D eigenvalue weighted by molar-refractivity contribution is -0.120. The zero-order valence-corrected chi connectivity index (χ0v) is 13.0. The summed E-state index contributed by atoms with van der Waals surface area (Å²) in [7, 11) is 0. The number of amides is 1. The van der Waals surface area contributed by atoms with E-state index >= 15 is 0 Å². The van der Waals surface area contributed by atoms with E-state index in [-0.39, 0.29) is 17.1 Å². The number of aliphatic hydroxyl groups excluding tert-OH is 1. The van der Waals surface area contributed by atoms with Crippen LogP contribution < -0.4 is 5.32 Å². The molecule has 1 rings (SSSR count). The molecule has 5 heteroatoms. The van der Waals surface area contributed by atoms with Gasteiger partial charge in [0, 0.05) is 16.5 Å². The first-order valence-electron chi connectivity index (χ1n) is 6.28. The zero-order valence-electron chi connectivity index (χ0n) is 11.4. The summed E-state index contributed by atoms with van der Waals surface area (Å²) in [6.45, 7) is 5.98. The number of thioether (sulfide) groups is 1. The number of halogens is 1. The lowest BCUT2D eigenvalue weighted by Crippen LogP contribution is -2.38. The van der Waals surface area contributed by atoms with Crippen molar-refractivity contribution in [3.8, 4) is 0 Å². The van der Waals surface area contributed by atoms with Gasteiger partial charge in [-0.05, 0) is 37.1 Å². The third-order valence-corrected chi connectivity index (χ3v) is 4.11. The zero-order chi connectivity index (χ0) is 14.4. The number of nitrogens with one attached hydrogen (secondary N) is 1. The Morgan fingerprint density at radius 2 is 1.89 bits per heavy atom. The number of carbonyl (C=O) groups is 1. The molecular weight excluding hydrogens is 282 g/mol. The number of aliphatic hydroxyl groups is 1. The van der Waals surface area contributed by atoms with E-state index in [2.05, 4.69) is 5.32 Å². The molecule has 2 N–H and O–H groups in total. The van der Waals surface area contributed by atoms with E-state index in [0.29, 0.717) is 11.6 Å². The van der Waals surface area contributed by atoms with E-state index in [9.17, 15) is 9.90 Å². The third-order valence-electron chi connectivity index (χ3n) is 2.75. The molecule has 0 fully saturated rings. The van der Waals surface area contributed by atoms with Crippen molar-refractivity contribution in [2.24, 2.45) is 5.92 Å². The maximum absolute atomic E-state index is 11.9. The van der Waals surface area contributed by atoms with Gasteiger partial charge in [-0.2, -0.15) is 0 Å². The Labute approximate surface area is 123 Å². The summed E-state index contributed by atoms with van der Waals surface area (Å²) in [5, 5.41) is 12.9. The Hall–Kier alpha value is -0.710. The first-order valence-corrected chi connectivity index (χ1v) is 7.54. The monoisotopic (exact) mass is 301 g/mol. The molecule has 0 aliphatic rings. The van der Waals surface area contributed by atoms with Gasteiger partial charge in [0.1, 0.15) is 0 Å². The fourth-order valence-electron chi connectivity index (χ4n) is 1.36. The molecule has 1 aromatic rings. The van der Waals surface area contributed by atoms with Crippen LogP contribution in [0.3, 0.4) is 0 Å². The lowest BCUT2D eigenvalue weighted by Gasteiger charge is -2.17. The van der Waals surface area contributed by atoms with Crippen LogP contribution in [0.1, 0.15) is 20.8 Å². The summed E-state index contributed by atoms with van der Waals surface area (Å²) < 4.78 is 0. The first-order chi connectivity index (χ1) is 8.90. The number of hydrogen-bond donors (Lipinski definition) is 2. The molecule has 0 bridgehead atoms. The summed E-state index contributed by atoms with van der Waals surface area (Å²) in [4.78, 5) is 12.9. The highest BCUT2D eigenvalue weighted by Gasteiger charge is 2.16. The van der Waals surface area contributed by atoms with Gasteiger partial charge in [-0.3, -0.25) is 4.79 Å². The van der Waals surface area contributed by atoms with Gasteiger partial charge in [-0.1, -0.05) is 25.4 Å². The van der Waals surface area contributed by atoms with Crippen LogP contribution in [-0.2, 0) is 4.79 Å². The highest BCUT2D eigenvalue weighted by molar-refractivity contribution is 8.00. The lowest BCUT2D eigenvalue weighted by atomic mass is 10.1. The van der Waals surface area contributed by atoms with Crippen LogP contribution >= 0.6 is 23.4 Å². The second-order valence-corrected chi connectivity index (χ2v) is 6.62. The minimum atomic E-state index is -0.503. The van der Waals surface area contributed by atoms with Crippen molar-refractivity contribution in [3.63, 3.8) is 0 Å². The third kappa shape index (κ3) is 5.85. The number of rotatable bonds is 6. The van der Waals surface area contributed by atoms with Crippen LogP contribution in [0, 0.1) is 5.92 Å². The minimum Gasteiger partial charge on any atom is -0.391 e. The van der Waals surface area contributed by atoms with Gasteiger partial charge < -0.3 is 10.4 Å². The van der Waals surface area contributed by atoms with E-state index in [1.807, 2.05) is 32.9 Å². The van der Waals surface area contributed by atoms with Crippen molar-refractivity contribution >= 4 is 29.3 Å². The van der Waals surface area contributed by atoms with Gasteiger partial charge in [0.25, 0.3) is 0 Å². The predicted molar refractivity (Wildman–Crippen MR) is 80.6 cm³/mol. The standard InChI is InChI=1S/C14H20ClNO2S/c1-9(2)13(17)8-16-14(18)10(3)19-12-6-4-11(15)5-7-12/h4-7,9-10,13,17H,8H2,1-3H3,(H,16,18). The Bertz CT molecular complexity index is 408. The molecule has 1 aromatic carbocycles. The first kappa shape index (κ1) is 16.3. The second-order valence-electron chi connectivity index (χ2n) is 4.77. The highest BCUT2D eigenvalue weighted by Crippen LogP contribution is 2.24. The number of benzene rings is 1. The quantitative estimate of drug-likeness (QED) is 0.794. The van der Waals surface area contributed by atoms with Crippen molar-refractivity contribution in [3.05, 3.63) is 29.3 Å². The van der Waals surface area contributed by atoms with E-state index < -0.39 is 6.10 Å². The fourth-order valence-corrected chi connectivity index (χ4v) is 2.37. The normalized spacial score (nSPS) is 14.2. The van der Waals surface area contributed by atoms with Crippen LogP contribution in [0.25, 0.3) is 0 Å². The molecule has 0 saturated carbocycles. The molecular formula is C14H20ClNO2S. The van der Waals surface area contributed by atoms with E-state index in [0.717, 1.165) is 4.90 Å². The number of hydrogen-bond acceptors (Lipinski definition) is 3. The predicted octanol–water partition coefficient (Wildman–Crippen LogP) is 2.95. The van der Waals surface area contributed by atoms with Gasteiger partial charge in [0.15, 0.2) is 0 Å². The van der Waals surface area contributed by atoms with Crippen molar-refractivity contribution in [1.29, 1.82) is 0 Å². The molecule has 0 aromatic heterocycles. The Balaban J connectivity index is 2.42. The van der Waals surface area contributed by atoms with Crippen LogP contribution in [0.2, 0.25) is 5.02 Å². The van der Waals surface area contributed by atoms with Gasteiger partial charge in [0.2, 0.25) is 5.91 Å². The maximum Gasteiger partial charge on any atom is 0.233 e. The summed E-state index contributed by atoms with van der Waals surface area (Å²) in [6, 6.07) is 7.38. The van der Waals surface area contributed by atoms with E-state index in [1.165, 1.54) is 11.8 Å². The summed E-state index contributed by atoms with van der Waals surface area (Å²) in [6.07, 6.45) is -0.503. The van der Waals surface area contributed by atoms with Crippen LogP contribution in [-0.4, -0.2) is 28.9 Å². The molecule has 0 spiro atoms. The molecule has 0 aliphatic heterocycles. The Morgan fingerprint density at radius 3 is 2.42 bits per heavy atom. The Kier molecular flexibility index (Phi) is 6.69. The molecule has 0 aliphatic carbocycles. The smallest absolute Gasteiger partial charge is 0.233 e. The van der Waals surface area contributed by atoms with E-state index in [1.54, 1.807) is 12.1 Å². The van der Waals surface area contributed by atoms with Crippen LogP contribution in [0.5, 0.6) is 0 Å². The molecule has 2 atom stereocenters. The van der Waals surface area contributed by atoms with E-state index in [4.69, 9.17) is 11.6 Å². The molecule has 0 saturated heterocycles. The summed E-state index contributed by atoms with van der Waals surface area (Å²) in [5.74, 6) is 0.0687. The molecule has 0 radical (unpaired) electrons. The van der Waals surface area contributed by atoms with Crippen molar-refractivity contribution < 1.29 is 9.90 Å². The second kappa shape index (κ2) is 7.78. The Morgan fingerprint density at radius 1 is 1.32 bits per heavy atom. The largest absolute Gasteiger partial charge is 0.391 e. The van der Waals surface area contributed by atoms with Gasteiger partial charge in [-0.15, -0.1) is 11.8 Å². The fraction of sp³-hybridized carbons (Fsp3) is 0.500. The molecule has 19 heavy (non-hydrogen) atoms. The molecule has 1 amide bonds. The summed E-state index contributed by atoms with van der Waals surface area (Å²) >= 11 is 7.28. The molecule has 2 unspecified atom stereocenters. The van der Waals surface area contributed by atoms with Crippen molar-refractivity contribution in [2.45, 2.75) is 37.0 Å². The summed E-state index contributed by atoms with van der Waals surface area (Å²) in [5.41, 5.74) is 0.